The third kappa shape index (κ3) is 4.58. The second-order valence-electron chi connectivity index (χ2n) is 14.4. The lowest BCUT2D eigenvalue weighted by Gasteiger charge is -2.14. The van der Waals surface area contributed by atoms with Crippen molar-refractivity contribution in [2.24, 2.45) is 0 Å². The summed E-state index contributed by atoms with van der Waals surface area (Å²) in [5, 5.41) is 4.35. The van der Waals surface area contributed by atoms with E-state index in [1.54, 1.807) is 0 Å². The predicted molar refractivity (Wildman–Crippen MR) is 228 cm³/mol. The Labute approximate surface area is 321 Å². The largest absolute Gasteiger partial charge is 0.456 e. The molecule has 0 amide bonds. The van der Waals surface area contributed by atoms with Crippen LogP contribution in [0, 0.1) is 0 Å². The number of para-hydroxylation sites is 2. The van der Waals surface area contributed by atoms with Gasteiger partial charge >= 0.3 is 0 Å². The van der Waals surface area contributed by atoms with E-state index in [9.17, 15) is 0 Å². The SMILES string of the molecule is c1ccc(-c2ccc3c(c2)-c2ccccc2-c2cc(-c4nc(-c5ccccc5)nc(-c5cccc6oc7ccccc7c56)n4)cc4c5ccccc5n-3c24)cc1. The van der Waals surface area contributed by atoms with Crippen molar-refractivity contribution in [3.63, 3.8) is 0 Å². The quantitative estimate of drug-likeness (QED) is 0.182. The molecule has 4 heterocycles. The Morgan fingerprint density at radius 1 is 0.357 bits per heavy atom. The maximum absolute atomic E-state index is 6.30. The average Bonchev–Trinajstić information content (AvgIpc) is 3.79. The van der Waals surface area contributed by atoms with E-state index in [4.69, 9.17) is 19.4 Å². The first-order chi connectivity index (χ1) is 27.8. The van der Waals surface area contributed by atoms with Crippen molar-refractivity contribution in [3.8, 4) is 73.2 Å². The molecule has 0 saturated carbocycles. The molecule has 0 bridgehead atoms. The van der Waals surface area contributed by atoms with Gasteiger partial charge in [0, 0.05) is 49.4 Å². The molecular weight excluding hydrogens is 685 g/mol. The number of aromatic nitrogens is 4. The highest BCUT2D eigenvalue weighted by molar-refractivity contribution is 6.18. The van der Waals surface area contributed by atoms with Gasteiger partial charge in [0.25, 0.3) is 0 Å². The molecule has 0 aliphatic carbocycles. The van der Waals surface area contributed by atoms with Crippen molar-refractivity contribution < 1.29 is 4.42 Å². The third-order valence-corrected chi connectivity index (χ3v) is 11.2. The monoisotopic (exact) mass is 714 g/mol. The van der Waals surface area contributed by atoms with Crippen LogP contribution >= 0.6 is 0 Å². The van der Waals surface area contributed by atoms with Crippen LogP contribution in [0.25, 0.3) is 117 Å². The number of fused-ring (bicyclic) bond motifs is 11. The minimum Gasteiger partial charge on any atom is -0.456 e. The molecule has 0 unspecified atom stereocenters. The van der Waals surface area contributed by atoms with E-state index in [1.165, 1.54) is 38.7 Å². The molecule has 260 valence electrons. The van der Waals surface area contributed by atoms with Gasteiger partial charge in [0.2, 0.25) is 0 Å². The number of benzene rings is 8. The molecule has 0 saturated heterocycles. The first kappa shape index (κ1) is 30.8. The second kappa shape index (κ2) is 11.9. The molecule has 0 atom stereocenters. The summed E-state index contributed by atoms with van der Waals surface area (Å²) in [4.78, 5) is 15.7. The minimum absolute atomic E-state index is 0.598. The standard InChI is InChI=1S/C51H30N4O/c1-3-14-31(15-4-1)33-26-27-44-40(28-33)35-18-7-8-19-36(35)41-29-34(30-42-37-20-9-11-23-43(37)55(44)48(41)42)50-52-49(32-16-5-2-6-17-32)53-51(54-50)39-22-13-25-46-47(39)38-21-10-12-24-45(38)56-46/h1-30H. The van der Waals surface area contributed by atoms with Crippen LogP contribution in [-0.4, -0.2) is 19.5 Å². The summed E-state index contributed by atoms with van der Waals surface area (Å²) in [7, 11) is 0. The Kier molecular flexibility index (Phi) is 6.56. The highest BCUT2D eigenvalue weighted by atomic mass is 16.3. The van der Waals surface area contributed by atoms with Crippen LogP contribution in [0.3, 0.4) is 0 Å². The summed E-state index contributed by atoms with van der Waals surface area (Å²) in [6.07, 6.45) is 0. The summed E-state index contributed by atoms with van der Waals surface area (Å²) in [5.41, 5.74) is 14.9. The van der Waals surface area contributed by atoms with E-state index in [2.05, 4.69) is 138 Å². The van der Waals surface area contributed by atoms with Crippen LogP contribution in [0.15, 0.2) is 186 Å². The van der Waals surface area contributed by atoms with Crippen LogP contribution < -0.4 is 0 Å². The lowest BCUT2D eigenvalue weighted by atomic mass is 9.91. The van der Waals surface area contributed by atoms with E-state index in [-0.39, 0.29) is 0 Å². The summed E-state index contributed by atoms with van der Waals surface area (Å²) in [6, 6.07) is 64.0. The normalized spacial score (nSPS) is 11.9. The molecule has 8 aromatic carbocycles. The van der Waals surface area contributed by atoms with E-state index < -0.39 is 0 Å². The van der Waals surface area contributed by atoms with Crippen molar-refractivity contribution in [2.45, 2.75) is 0 Å². The molecule has 56 heavy (non-hydrogen) atoms. The van der Waals surface area contributed by atoms with Crippen molar-refractivity contribution >= 4 is 43.7 Å². The van der Waals surface area contributed by atoms with E-state index in [1.807, 2.05) is 48.5 Å². The summed E-state index contributed by atoms with van der Waals surface area (Å²) >= 11 is 0. The molecule has 0 N–H and O–H groups in total. The lowest BCUT2D eigenvalue weighted by Crippen LogP contribution is -2.01. The maximum Gasteiger partial charge on any atom is 0.164 e. The third-order valence-electron chi connectivity index (χ3n) is 11.2. The molecule has 0 fully saturated rings. The Hall–Kier alpha value is -7.63. The van der Waals surface area contributed by atoms with Gasteiger partial charge in [-0.1, -0.05) is 140 Å². The fraction of sp³-hybridized carbons (Fsp3) is 0. The first-order valence-corrected chi connectivity index (χ1v) is 18.9. The Morgan fingerprint density at radius 2 is 0.964 bits per heavy atom. The first-order valence-electron chi connectivity index (χ1n) is 18.9. The van der Waals surface area contributed by atoms with Crippen LogP contribution in [0.1, 0.15) is 0 Å². The fourth-order valence-corrected chi connectivity index (χ4v) is 8.69. The molecule has 5 heteroatoms. The van der Waals surface area contributed by atoms with Crippen molar-refractivity contribution in [2.75, 3.05) is 0 Å². The molecule has 11 aromatic rings. The van der Waals surface area contributed by atoms with Gasteiger partial charge in [0.05, 0.1) is 16.7 Å². The molecule has 12 rings (SSSR count). The summed E-state index contributed by atoms with van der Waals surface area (Å²) in [5.74, 6) is 1.82. The zero-order valence-electron chi connectivity index (χ0n) is 30.0. The van der Waals surface area contributed by atoms with Gasteiger partial charge in [-0.15, -0.1) is 0 Å². The van der Waals surface area contributed by atoms with Crippen molar-refractivity contribution in [1.82, 2.24) is 19.5 Å². The molecular formula is C51H30N4O. The number of hydrogen-bond acceptors (Lipinski definition) is 4. The number of rotatable bonds is 4. The van der Waals surface area contributed by atoms with Crippen LogP contribution in [-0.2, 0) is 0 Å². The minimum atomic E-state index is 0.598. The predicted octanol–water partition coefficient (Wildman–Crippen LogP) is 13.2. The van der Waals surface area contributed by atoms with E-state index >= 15 is 0 Å². The Morgan fingerprint density at radius 3 is 1.79 bits per heavy atom. The van der Waals surface area contributed by atoms with E-state index in [0.29, 0.717) is 17.5 Å². The van der Waals surface area contributed by atoms with Crippen LogP contribution in [0.4, 0.5) is 0 Å². The molecule has 5 nitrogen and oxygen atoms in total. The Bertz CT molecular complexity index is 3360. The van der Waals surface area contributed by atoms with Crippen LogP contribution in [0.5, 0.6) is 0 Å². The molecule has 3 aromatic heterocycles. The lowest BCUT2D eigenvalue weighted by molar-refractivity contribution is 0.669. The smallest absolute Gasteiger partial charge is 0.164 e. The maximum atomic E-state index is 6.30. The second-order valence-corrected chi connectivity index (χ2v) is 14.4. The zero-order valence-corrected chi connectivity index (χ0v) is 30.0. The van der Waals surface area contributed by atoms with Crippen LogP contribution in [0.2, 0.25) is 0 Å². The highest BCUT2D eigenvalue weighted by Gasteiger charge is 2.27. The van der Waals surface area contributed by atoms with Gasteiger partial charge < -0.3 is 8.98 Å². The van der Waals surface area contributed by atoms with E-state index in [0.717, 1.165) is 60.8 Å². The molecule has 1 aliphatic rings. The Balaban J connectivity index is 1.16. The van der Waals surface area contributed by atoms with Gasteiger partial charge in [-0.25, -0.2) is 15.0 Å². The molecule has 0 spiro atoms. The van der Waals surface area contributed by atoms with Crippen molar-refractivity contribution in [1.29, 1.82) is 0 Å². The molecule has 1 aliphatic heterocycles. The van der Waals surface area contributed by atoms with Crippen molar-refractivity contribution in [3.05, 3.63) is 182 Å². The average molecular weight is 715 g/mol. The topological polar surface area (TPSA) is 56.7 Å². The van der Waals surface area contributed by atoms with Gasteiger partial charge in [0.15, 0.2) is 17.5 Å². The van der Waals surface area contributed by atoms with Gasteiger partial charge in [-0.05, 0) is 64.7 Å². The van der Waals surface area contributed by atoms with Gasteiger partial charge in [-0.3, -0.25) is 0 Å². The molecule has 0 radical (unpaired) electrons. The van der Waals surface area contributed by atoms with Gasteiger partial charge in [0.1, 0.15) is 11.2 Å². The number of furan rings is 1. The summed E-state index contributed by atoms with van der Waals surface area (Å²) < 4.78 is 8.75. The number of nitrogens with zero attached hydrogens (tertiary/aromatic N) is 4. The highest BCUT2D eigenvalue weighted by Crippen LogP contribution is 2.49. The zero-order chi connectivity index (χ0) is 36.7. The fourth-order valence-electron chi connectivity index (χ4n) is 8.69. The summed E-state index contributed by atoms with van der Waals surface area (Å²) in [6.45, 7) is 0. The van der Waals surface area contributed by atoms with Gasteiger partial charge in [-0.2, -0.15) is 0 Å². The number of hydrogen-bond donors (Lipinski definition) is 0.